The maximum absolute atomic E-state index is 12.8. The molecule has 0 unspecified atom stereocenters. The summed E-state index contributed by atoms with van der Waals surface area (Å²) in [4.78, 5) is 24.8. The van der Waals surface area contributed by atoms with Crippen molar-refractivity contribution in [3.05, 3.63) is 52.9 Å². The van der Waals surface area contributed by atoms with Gasteiger partial charge in [-0.25, -0.2) is 9.89 Å². The average Bonchev–Trinajstić information content (AvgIpc) is 3.45. The number of thioether (sulfide) groups is 1. The number of hydrogen-bond acceptors (Lipinski definition) is 4. The Hall–Kier alpha value is -3.00. The van der Waals surface area contributed by atoms with Crippen molar-refractivity contribution in [3.63, 3.8) is 0 Å². The molecule has 30 heavy (non-hydrogen) atoms. The van der Waals surface area contributed by atoms with E-state index in [1.165, 1.54) is 22.7 Å². The minimum atomic E-state index is -0.384. The first-order chi connectivity index (χ1) is 14.6. The molecule has 0 radical (unpaired) electrons. The zero-order valence-electron chi connectivity index (χ0n) is 16.9. The number of rotatable bonds is 6. The SMILES string of the molecule is CCn1c2ccccc2c2cc(NC(=O)[C@@H](C)Sc3n[nH]c(=O)n3C3CC3)ccc21. The smallest absolute Gasteiger partial charge is 0.341 e. The Morgan fingerprint density at radius 1 is 1.23 bits per heavy atom. The number of benzene rings is 2. The molecule has 2 N–H and O–H groups in total. The predicted octanol–water partition coefficient (Wildman–Crippen LogP) is 4.15. The van der Waals surface area contributed by atoms with Crippen molar-refractivity contribution in [2.24, 2.45) is 0 Å². The van der Waals surface area contributed by atoms with Crippen LogP contribution in [0.3, 0.4) is 0 Å². The number of fused-ring (bicyclic) bond motifs is 3. The van der Waals surface area contributed by atoms with Crippen molar-refractivity contribution >= 4 is 45.2 Å². The molecule has 0 saturated heterocycles. The summed E-state index contributed by atoms with van der Waals surface area (Å²) in [7, 11) is 0. The first-order valence-electron chi connectivity index (χ1n) is 10.2. The third-order valence-electron chi connectivity index (χ3n) is 5.59. The number of aromatic amines is 1. The van der Waals surface area contributed by atoms with Crippen LogP contribution in [0.5, 0.6) is 0 Å². The third-order valence-corrected chi connectivity index (χ3v) is 6.66. The van der Waals surface area contributed by atoms with Gasteiger partial charge in [-0.3, -0.25) is 9.36 Å². The lowest BCUT2D eigenvalue weighted by Crippen LogP contribution is -2.23. The molecule has 2 aromatic carbocycles. The van der Waals surface area contributed by atoms with Gasteiger partial charge in [0.1, 0.15) is 0 Å². The number of anilines is 1. The van der Waals surface area contributed by atoms with Gasteiger partial charge in [0, 0.05) is 40.1 Å². The molecule has 0 bridgehead atoms. The zero-order chi connectivity index (χ0) is 20.8. The van der Waals surface area contributed by atoms with Gasteiger partial charge in [0.25, 0.3) is 0 Å². The summed E-state index contributed by atoms with van der Waals surface area (Å²) in [5, 5.41) is 12.1. The number of aromatic nitrogens is 4. The highest BCUT2D eigenvalue weighted by atomic mass is 32.2. The average molecular weight is 422 g/mol. The normalized spacial score (nSPS) is 15.0. The quantitative estimate of drug-likeness (QED) is 0.458. The Morgan fingerprint density at radius 2 is 2.00 bits per heavy atom. The van der Waals surface area contributed by atoms with E-state index in [1.54, 1.807) is 4.57 Å². The molecule has 1 fully saturated rings. The molecule has 1 amide bonds. The monoisotopic (exact) mass is 421 g/mol. The fourth-order valence-electron chi connectivity index (χ4n) is 3.96. The molecule has 154 valence electrons. The van der Waals surface area contributed by atoms with Crippen molar-refractivity contribution in [2.75, 3.05) is 5.32 Å². The van der Waals surface area contributed by atoms with E-state index in [0.29, 0.717) is 5.16 Å². The fraction of sp³-hybridized carbons (Fsp3) is 0.318. The van der Waals surface area contributed by atoms with Crippen molar-refractivity contribution in [1.29, 1.82) is 0 Å². The van der Waals surface area contributed by atoms with Gasteiger partial charge >= 0.3 is 5.69 Å². The number of aryl methyl sites for hydroxylation is 1. The van der Waals surface area contributed by atoms with Crippen LogP contribution in [0.1, 0.15) is 32.7 Å². The highest BCUT2D eigenvalue weighted by molar-refractivity contribution is 8.00. The van der Waals surface area contributed by atoms with E-state index in [4.69, 9.17) is 0 Å². The Labute approximate surface area is 177 Å². The second kappa shape index (κ2) is 7.36. The highest BCUT2D eigenvalue weighted by Crippen LogP contribution is 2.37. The lowest BCUT2D eigenvalue weighted by molar-refractivity contribution is -0.115. The number of nitrogens with zero attached hydrogens (tertiary/aromatic N) is 3. The molecule has 2 heterocycles. The number of nitrogens with one attached hydrogen (secondary N) is 2. The molecule has 8 heteroatoms. The van der Waals surface area contributed by atoms with E-state index >= 15 is 0 Å². The van der Waals surface area contributed by atoms with E-state index in [1.807, 2.05) is 31.2 Å². The van der Waals surface area contributed by atoms with Gasteiger partial charge in [0.2, 0.25) is 5.91 Å². The van der Waals surface area contributed by atoms with E-state index in [9.17, 15) is 9.59 Å². The Morgan fingerprint density at radius 3 is 2.77 bits per heavy atom. The number of hydrogen-bond donors (Lipinski definition) is 2. The number of carbonyl (C=O) groups is 1. The summed E-state index contributed by atoms with van der Waals surface area (Å²) in [6.45, 7) is 4.85. The van der Waals surface area contributed by atoms with Gasteiger partial charge < -0.3 is 9.88 Å². The summed E-state index contributed by atoms with van der Waals surface area (Å²) in [6, 6.07) is 14.6. The standard InChI is InChI=1S/C22H23N5O2S/c1-3-26-18-7-5-4-6-16(18)17-12-14(8-11-19(17)26)23-20(28)13(2)30-22-25-24-21(29)27(22)15-9-10-15/h4-8,11-13,15H,3,9-10H2,1-2H3,(H,23,28)(H,24,29)/t13-/m1/s1. The van der Waals surface area contributed by atoms with Gasteiger partial charge in [0.15, 0.2) is 5.16 Å². The lowest BCUT2D eigenvalue weighted by Gasteiger charge is -2.12. The van der Waals surface area contributed by atoms with Gasteiger partial charge in [0.05, 0.1) is 5.25 Å². The molecule has 4 aromatic rings. The van der Waals surface area contributed by atoms with Crippen LogP contribution >= 0.6 is 11.8 Å². The van der Waals surface area contributed by atoms with E-state index in [-0.39, 0.29) is 22.9 Å². The fourth-order valence-corrected chi connectivity index (χ4v) is 4.88. The maximum atomic E-state index is 12.8. The topological polar surface area (TPSA) is 84.7 Å². The predicted molar refractivity (Wildman–Crippen MR) is 120 cm³/mol. The third kappa shape index (κ3) is 3.21. The summed E-state index contributed by atoms with van der Waals surface area (Å²) < 4.78 is 3.95. The summed E-state index contributed by atoms with van der Waals surface area (Å²) in [5.74, 6) is -0.114. The molecular formula is C22H23N5O2S. The van der Waals surface area contributed by atoms with Crippen LogP contribution in [-0.2, 0) is 11.3 Å². The van der Waals surface area contributed by atoms with Crippen molar-refractivity contribution in [1.82, 2.24) is 19.3 Å². The van der Waals surface area contributed by atoms with Crippen LogP contribution in [0, 0.1) is 0 Å². The molecule has 5 rings (SSSR count). The van der Waals surface area contributed by atoms with E-state index in [2.05, 4.69) is 45.2 Å². The van der Waals surface area contributed by atoms with Gasteiger partial charge in [-0.05, 0) is 51.0 Å². The molecule has 2 aromatic heterocycles. The molecule has 7 nitrogen and oxygen atoms in total. The number of para-hydroxylation sites is 1. The molecule has 1 saturated carbocycles. The van der Waals surface area contributed by atoms with E-state index in [0.717, 1.165) is 36.0 Å². The van der Waals surface area contributed by atoms with Crippen LogP contribution in [0.4, 0.5) is 5.69 Å². The van der Waals surface area contributed by atoms with Crippen LogP contribution < -0.4 is 11.0 Å². The lowest BCUT2D eigenvalue weighted by atomic mass is 10.1. The Balaban J connectivity index is 1.39. The highest BCUT2D eigenvalue weighted by Gasteiger charge is 2.30. The van der Waals surface area contributed by atoms with Crippen LogP contribution in [0.2, 0.25) is 0 Å². The second-order valence-corrected chi connectivity index (χ2v) is 8.96. The van der Waals surface area contributed by atoms with Crippen LogP contribution in [-0.4, -0.2) is 30.5 Å². The molecule has 0 aliphatic heterocycles. The summed E-state index contributed by atoms with van der Waals surface area (Å²) in [5.41, 5.74) is 2.91. The van der Waals surface area contributed by atoms with Gasteiger partial charge in [-0.15, -0.1) is 5.10 Å². The van der Waals surface area contributed by atoms with Crippen molar-refractivity contribution in [3.8, 4) is 0 Å². The zero-order valence-corrected chi connectivity index (χ0v) is 17.7. The summed E-state index contributed by atoms with van der Waals surface area (Å²) >= 11 is 1.31. The minimum absolute atomic E-state index is 0.114. The molecule has 1 aliphatic carbocycles. The number of amides is 1. The molecule has 0 spiro atoms. The Kier molecular flexibility index (Phi) is 4.66. The summed E-state index contributed by atoms with van der Waals surface area (Å²) in [6.07, 6.45) is 1.97. The first kappa shape index (κ1) is 19.0. The number of H-pyrrole nitrogens is 1. The maximum Gasteiger partial charge on any atom is 0.344 e. The molecular weight excluding hydrogens is 398 g/mol. The Bertz CT molecular complexity index is 1310. The number of carbonyl (C=O) groups excluding carboxylic acids is 1. The van der Waals surface area contributed by atoms with Crippen molar-refractivity contribution in [2.45, 2.75) is 49.7 Å². The first-order valence-corrected chi connectivity index (χ1v) is 11.1. The van der Waals surface area contributed by atoms with E-state index < -0.39 is 0 Å². The second-order valence-electron chi connectivity index (χ2n) is 7.66. The minimum Gasteiger partial charge on any atom is -0.341 e. The van der Waals surface area contributed by atoms with Crippen LogP contribution in [0.25, 0.3) is 21.8 Å². The molecule has 1 atom stereocenters. The van der Waals surface area contributed by atoms with Gasteiger partial charge in [-0.2, -0.15) is 0 Å². The van der Waals surface area contributed by atoms with Gasteiger partial charge in [-0.1, -0.05) is 30.0 Å². The largest absolute Gasteiger partial charge is 0.344 e. The van der Waals surface area contributed by atoms with Crippen LogP contribution in [0.15, 0.2) is 52.4 Å². The molecule has 1 aliphatic rings. The van der Waals surface area contributed by atoms with Crippen molar-refractivity contribution < 1.29 is 4.79 Å².